The summed E-state index contributed by atoms with van der Waals surface area (Å²) in [5.74, 6) is -1.72. The van der Waals surface area contributed by atoms with E-state index in [1.807, 2.05) is 0 Å². The molecule has 0 amide bonds. The van der Waals surface area contributed by atoms with Crippen molar-refractivity contribution in [1.82, 2.24) is 0 Å². The molecular weight excluding hydrogens is 163 g/mol. The Morgan fingerprint density at radius 1 is 1.50 bits per heavy atom. The van der Waals surface area contributed by atoms with Crippen LogP contribution in [0.3, 0.4) is 0 Å². The zero-order chi connectivity index (χ0) is 9.14. The summed E-state index contributed by atoms with van der Waals surface area (Å²) in [4.78, 5) is 10.5. The summed E-state index contributed by atoms with van der Waals surface area (Å²) in [5.41, 5.74) is 0.0152. The second-order valence-electron chi connectivity index (χ2n) is 2.26. The number of halogens is 1. The third kappa shape index (κ3) is 1.60. The number of carbonyl (C=O) groups is 1. The van der Waals surface area contributed by atoms with Gasteiger partial charge in [-0.25, -0.2) is 9.18 Å². The van der Waals surface area contributed by atoms with Crippen molar-refractivity contribution in [3.8, 4) is 0 Å². The summed E-state index contributed by atoms with van der Waals surface area (Å²) in [6.45, 7) is -0.473. The highest BCUT2D eigenvalue weighted by Gasteiger charge is 2.09. The lowest BCUT2D eigenvalue weighted by atomic mass is 10.1. The van der Waals surface area contributed by atoms with Crippen molar-refractivity contribution in [1.29, 1.82) is 0 Å². The fraction of sp³-hybridized carbons (Fsp3) is 0.125. The van der Waals surface area contributed by atoms with Crippen LogP contribution in [0.4, 0.5) is 4.39 Å². The van der Waals surface area contributed by atoms with Crippen molar-refractivity contribution >= 4 is 5.97 Å². The first-order valence-corrected chi connectivity index (χ1v) is 3.27. The number of hydrogen-bond donors (Lipinski definition) is 2. The molecule has 64 valence electrons. The van der Waals surface area contributed by atoms with E-state index >= 15 is 0 Å². The average molecular weight is 170 g/mol. The van der Waals surface area contributed by atoms with E-state index in [1.54, 1.807) is 0 Å². The molecule has 0 heterocycles. The zero-order valence-electron chi connectivity index (χ0n) is 6.12. The van der Waals surface area contributed by atoms with Crippen molar-refractivity contribution in [2.75, 3.05) is 0 Å². The normalized spacial score (nSPS) is 9.83. The molecular formula is C8H7FO3. The molecule has 0 fully saturated rings. The Labute approximate surface area is 68.1 Å². The topological polar surface area (TPSA) is 57.5 Å². The molecule has 0 radical (unpaired) electrons. The molecule has 0 aliphatic heterocycles. The van der Waals surface area contributed by atoms with Crippen LogP contribution in [0.2, 0.25) is 0 Å². The monoisotopic (exact) mass is 170 g/mol. The molecule has 0 saturated carbocycles. The molecule has 0 spiro atoms. The lowest BCUT2D eigenvalue weighted by Gasteiger charge is -2.01. The van der Waals surface area contributed by atoms with Gasteiger partial charge in [-0.2, -0.15) is 0 Å². The summed E-state index contributed by atoms with van der Waals surface area (Å²) in [6, 6.07) is 3.18. The SMILES string of the molecule is O=C(O)c1ccc(F)cc1CO. The number of rotatable bonds is 2. The standard InChI is InChI=1S/C8H7FO3/c9-6-1-2-7(8(11)12)5(3-6)4-10/h1-3,10H,4H2,(H,11,12). The van der Waals surface area contributed by atoms with E-state index in [1.165, 1.54) is 0 Å². The van der Waals surface area contributed by atoms with Crippen molar-refractivity contribution in [2.24, 2.45) is 0 Å². The quantitative estimate of drug-likeness (QED) is 0.696. The molecule has 0 unspecified atom stereocenters. The number of carboxylic acids is 1. The minimum absolute atomic E-state index is 0.0705. The Kier molecular flexibility index (Phi) is 2.40. The van der Waals surface area contributed by atoms with E-state index in [0.29, 0.717) is 0 Å². The van der Waals surface area contributed by atoms with E-state index in [0.717, 1.165) is 18.2 Å². The van der Waals surface area contributed by atoms with E-state index in [4.69, 9.17) is 10.2 Å². The third-order valence-corrected chi connectivity index (χ3v) is 1.47. The van der Waals surface area contributed by atoms with Gasteiger partial charge in [-0.15, -0.1) is 0 Å². The highest BCUT2D eigenvalue weighted by Crippen LogP contribution is 2.10. The lowest BCUT2D eigenvalue weighted by molar-refractivity contribution is 0.0693. The molecule has 1 rings (SSSR count). The van der Waals surface area contributed by atoms with Crippen LogP contribution in [0.15, 0.2) is 18.2 Å². The van der Waals surface area contributed by atoms with Crippen molar-refractivity contribution < 1.29 is 19.4 Å². The van der Waals surface area contributed by atoms with Crippen molar-refractivity contribution in [2.45, 2.75) is 6.61 Å². The third-order valence-electron chi connectivity index (χ3n) is 1.47. The summed E-state index contributed by atoms with van der Waals surface area (Å²) < 4.78 is 12.5. The second-order valence-corrected chi connectivity index (χ2v) is 2.26. The molecule has 0 aliphatic carbocycles. The summed E-state index contributed by atoms with van der Waals surface area (Å²) in [7, 11) is 0. The average Bonchev–Trinajstić information content (AvgIpc) is 2.03. The molecule has 1 aromatic rings. The summed E-state index contributed by atoms with van der Waals surface area (Å²) in [6.07, 6.45) is 0. The van der Waals surface area contributed by atoms with E-state index in [9.17, 15) is 9.18 Å². The molecule has 3 nitrogen and oxygen atoms in total. The molecule has 4 heteroatoms. The van der Waals surface area contributed by atoms with Crippen LogP contribution in [0.25, 0.3) is 0 Å². The minimum atomic E-state index is -1.17. The second kappa shape index (κ2) is 3.32. The lowest BCUT2D eigenvalue weighted by Crippen LogP contribution is -2.02. The predicted molar refractivity (Wildman–Crippen MR) is 39.3 cm³/mol. The van der Waals surface area contributed by atoms with Gasteiger partial charge in [0, 0.05) is 0 Å². The van der Waals surface area contributed by atoms with Gasteiger partial charge in [0.15, 0.2) is 0 Å². The molecule has 1 aromatic carbocycles. The van der Waals surface area contributed by atoms with E-state index in [-0.39, 0.29) is 11.1 Å². The van der Waals surface area contributed by atoms with Gasteiger partial charge in [-0.3, -0.25) is 0 Å². The van der Waals surface area contributed by atoms with Crippen LogP contribution in [0.5, 0.6) is 0 Å². The number of aliphatic hydroxyl groups is 1. The smallest absolute Gasteiger partial charge is 0.336 e. The number of aliphatic hydroxyl groups excluding tert-OH is 1. The molecule has 2 N–H and O–H groups in total. The summed E-state index contributed by atoms with van der Waals surface area (Å²) in [5, 5.41) is 17.2. The van der Waals surface area contributed by atoms with Crippen LogP contribution < -0.4 is 0 Å². The predicted octanol–water partition coefficient (Wildman–Crippen LogP) is 1.02. The van der Waals surface area contributed by atoms with Crippen molar-refractivity contribution in [3.05, 3.63) is 35.1 Å². The Morgan fingerprint density at radius 2 is 2.17 bits per heavy atom. The van der Waals surface area contributed by atoms with Crippen LogP contribution in [0.1, 0.15) is 15.9 Å². The van der Waals surface area contributed by atoms with Crippen molar-refractivity contribution in [3.63, 3.8) is 0 Å². The highest BCUT2D eigenvalue weighted by atomic mass is 19.1. The van der Waals surface area contributed by atoms with Gasteiger partial charge < -0.3 is 10.2 Å². The minimum Gasteiger partial charge on any atom is -0.478 e. The molecule has 0 aromatic heterocycles. The first kappa shape index (κ1) is 8.67. The van der Waals surface area contributed by atoms with Crippen LogP contribution in [-0.4, -0.2) is 16.2 Å². The Morgan fingerprint density at radius 3 is 2.67 bits per heavy atom. The number of benzene rings is 1. The maximum Gasteiger partial charge on any atom is 0.336 e. The van der Waals surface area contributed by atoms with E-state index in [2.05, 4.69) is 0 Å². The van der Waals surface area contributed by atoms with Gasteiger partial charge >= 0.3 is 5.97 Å². The number of aromatic carboxylic acids is 1. The number of hydrogen-bond acceptors (Lipinski definition) is 2. The van der Waals surface area contributed by atoms with Crippen LogP contribution in [-0.2, 0) is 6.61 Å². The summed E-state index contributed by atoms with van der Waals surface area (Å²) >= 11 is 0. The van der Waals surface area contributed by atoms with Crippen LogP contribution >= 0.6 is 0 Å². The Hall–Kier alpha value is -1.42. The largest absolute Gasteiger partial charge is 0.478 e. The molecule has 0 atom stereocenters. The molecule has 0 saturated heterocycles. The maximum absolute atomic E-state index is 12.5. The van der Waals surface area contributed by atoms with Gasteiger partial charge in [0.1, 0.15) is 5.82 Å². The fourth-order valence-corrected chi connectivity index (χ4v) is 0.902. The molecule has 12 heavy (non-hydrogen) atoms. The first-order valence-electron chi connectivity index (χ1n) is 3.27. The van der Waals surface area contributed by atoms with Crippen LogP contribution in [0, 0.1) is 5.82 Å². The van der Waals surface area contributed by atoms with E-state index < -0.39 is 18.4 Å². The van der Waals surface area contributed by atoms with Gasteiger partial charge in [0.2, 0.25) is 0 Å². The first-order chi connectivity index (χ1) is 5.65. The van der Waals surface area contributed by atoms with Gasteiger partial charge in [-0.1, -0.05) is 0 Å². The Balaban J connectivity index is 3.20. The zero-order valence-corrected chi connectivity index (χ0v) is 6.12. The van der Waals surface area contributed by atoms with Gasteiger partial charge in [0.05, 0.1) is 12.2 Å². The number of carboxylic acid groups (broad SMARTS) is 1. The fourth-order valence-electron chi connectivity index (χ4n) is 0.902. The van der Waals surface area contributed by atoms with Gasteiger partial charge in [0.25, 0.3) is 0 Å². The molecule has 0 bridgehead atoms. The highest BCUT2D eigenvalue weighted by molar-refractivity contribution is 5.89. The Bertz CT molecular complexity index is 309. The van der Waals surface area contributed by atoms with Gasteiger partial charge in [-0.05, 0) is 23.8 Å². The maximum atomic E-state index is 12.5. The molecule has 0 aliphatic rings.